The summed E-state index contributed by atoms with van der Waals surface area (Å²) < 4.78 is 5.04. The fourth-order valence-electron chi connectivity index (χ4n) is 1.76. The average molecular weight is 346 g/mol. The summed E-state index contributed by atoms with van der Waals surface area (Å²) in [6.45, 7) is 1.84. The van der Waals surface area contributed by atoms with E-state index in [-0.39, 0.29) is 0 Å². The van der Waals surface area contributed by atoms with Crippen molar-refractivity contribution in [1.82, 2.24) is 5.43 Å². The molecule has 6 nitrogen and oxygen atoms in total. The molecule has 2 rings (SSSR count). The van der Waals surface area contributed by atoms with Gasteiger partial charge in [0.1, 0.15) is 5.75 Å². The maximum atomic E-state index is 11.8. The number of nitrogens with zero attached hydrogens (tertiary/aromatic N) is 1. The summed E-state index contributed by atoms with van der Waals surface area (Å²) in [6, 6.07) is 12.0. The van der Waals surface area contributed by atoms with E-state index in [0.29, 0.717) is 16.5 Å². The summed E-state index contributed by atoms with van der Waals surface area (Å²) in [5, 5.41) is 6.69. The van der Waals surface area contributed by atoms with Crippen molar-refractivity contribution in [1.29, 1.82) is 0 Å². The van der Waals surface area contributed by atoms with E-state index < -0.39 is 11.8 Å². The summed E-state index contributed by atoms with van der Waals surface area (Å²) in [5.74, 6) is -0.995. The standard InChI is InChI=1S/C17H16ClN3O3/c1-11-3-6-13(9-15(11)18)20-16(22)17(23)21-19-10-12-4-7-14(24-2)8-5-12/h3-10H,1-2H3,(H,20,22)(H,21,23)/b19-10+. The molecule has 2 aromatic carbocycles. The van der Waals surface area contributed by atoms with Crippen molar-refractivity contribution in [3.05, 3.63) is 58.6 Å². The van der Waals surface area contributed by atoms with Crippen molar-refractivity contribution in [2.45, 2.75) is 6.92 Å². The summed E-state index contributed by atoms with van der Waals surface area (Å²) in [4.78, 5) is 23.5. The van der Waals surface area contributed by atoms with Gasteiger partial charge in [0.2, 0.25) is 0 Å². The highest BCUT2D eigenvalue weighted by atomic mass is 35.5. The van der Waals surface area contributed by atoms with Gasteiger partial charge in [0.05, 0.1) is 13.3 Å². The molecule has 0 aromatic heterocycles. The van der Waals surface area contributed by atoms with E-state index in [4.69, 9.17) is 16.3 Å². The first-order chi connectivity index (χ1) is 11.5. The van der Waals surface area contributed by atoms with E-state index in [0.717, 1.165) is 11.1 Å². The predicted octanol–water partition coefficient (Wildman–Crippen LogP) is 2.75. The Balaban J connectivity index is 1.89. The van der Waals surface area contributed by atoms with Gasteiger partial charge in [0, 0.05) is 10.7 Å². The second-order valence-electron chi connectivity index (χ2n) is 4.89. The number of ether oxygens (including phenoxy) is 1. The van der Waals surface area contributed by atoms with E-state index in [9.17, 15) is 9.59 Å². The van der Waals surface area contributed by atoms with Crippen molar-refractivity contribution in [2.24, 2.45) is 5.10 Å². The number of anilines is 1. The minimum absolute atomic E-state index is 0.435. The van der Waals surface area contributed by atoms with Crippen molar-refractivity contribution in [3.8, 4) is 5.75 Å². The second-order valence-corrected chi connectivity index (χ2v) is 5.30. The molecule has 0 radical (unpaired) electrons. The first kappa shape index (κ1) is 17.5. The number of methoxy groups -OCH3 is 1. The van der Waals surface area contributed by atoms with Crippen LogP contribution in [-0.2, 0) is 9.59 Å². The molecule has 0 aliphatic heterocycles. The third kappa shape index (κ3) is 4.82. The van der Waals surface area contributed by atoms with Crippen molar-refractivity contribution >= 4 is 35.3 Å². The Morgan fingerprint density at radius 3 is 2.46 bits per heavy atom. The van der Waals surface area contributed by atoms with Crippen LogP contribution in [0.15, 0.2) is 47.6 Å². The Kier molecular flexibility index (Phi) is 5.92. The molecule has 2 amide bonds. The van der Waals surface area contributed by atoms with E-state index >= 15 is 0 Å². The average Bonchev–Trinajstić information content (AvgIpc) is 2.58. The number of amides is 2. The summed E-state index contributed by atoms with van der Waals surface area (Å²) >= 11 is 5.97. The molecule has 124 valence electrons. The zero-order chi connectivity index (χ0) is 17.5. The number of carbonyl (C=O) groups excluding carboxylic acids is 2. The van der Waals surface area contributed by atoms with Gasteiger partial charge < -0.3 is 10.1 Å². The lowest BCUT2D eigenvalue weighted by atomic mass is 10.2. The Morgan fingerprint density at radius 2 is 1.83 bits per heavy atom. The van der Waals surface area contributed by atoms with E-state index in [1.807, 2.05) is 6.92 Å². The van der Waals surface area contributed by atoms with Crippen LogP contribution in [0.1, 0.15) is 11.1 Å². The topological polar surface area (TPSA) is 79.8 Å². The fraction of sp³-hybridized carbons (Fsp3) is 0.118. The Morgan fingerprint density at radius 1 is 1.12 bits per heavy atom. The van der Waals surface area contributed by atoms with Crippen LogP contribution in [-0.4, -0.2) is 25.1 Å². The summed E-state index contributed by atoms with van der Waals surface area (Å²) in [5.41, 5.74) is 4.22. The molecule has 2 N–H and O–H groups in total. The van der Waals surface area contributed by atoms with Gasteiger partial charge in [0.15, 0.2) is 0 Å². The fourth-order valence-corrected chi connectivity index (χ4v) is 1.95. The van der Waals surface area contributed by atoms with Crippen molar-refractivity contribution in [2.75, 3.05) is 12.4 Å². The minimum Gasteiger partial charge on any atom is -0.497 e. The molecule has 0 saturated heterocycles. The number of halogens is 1. The molecule has 0 bridgehead atoms. The number of hydrogen-bond acceptors (Lipinski definition) is 4. The van der Waals surface area contributed by atoms with Crippen LogP contribution in [0.5, 0.6) is 5.75 Å². The molecule has 2 aromatic rings. The molecule has 0 heterocycles. The number of benzene rings is 2. The molecule has 0 spiro atoms. The predicted molar refractivity (Wildman–Crippen MR) is 93.5 cm³/mol. The van der Waals surface area contributed by atoms with Gasteiger partial charge in [0.25, 0.3) is 0 Å². The molecule has 0 atom stereocenters. The molecular formula is C17H16ClN3O3. The van der Waals surface area contributed by atoms with Gasteiger partial charge in [-0.15, -0.1) is 0 Å². The summed E-state index contributed by atoms with van der Waals surface area (Å²) in [7, 11) is 1.57. The molecule has 0 saturated carbocycles. The number of hydrazone groups is 1. The Labute approximate surface area is 144 Å². The lowest BCUT2D eigenvalue weighted by molar-refractivity contribution is -0.136. The first-order valence-electron chi connectivity index (χ1n) is 7.04. The quantitative estimate of drug-likeness (QED) is 0.508. The zero-order valence-electron chi connectivity index (χ0n) is 13.2. The maximum absolute atomic E-state index is 11.8. The lowest BCUT2D eigenvalue weighted by Crippen LogP contribution is -2.32. The highest BCUT2D eigenvalue weighted by molar-refractivity contribution is 6.39. The highest BCUT2D eigenvalue weighted by Crippen LogP contribution is 2.19. The third-order valence-corrected chi connectivity index (χ3v) is 3.54. The highest BCUT2D eigenvalue weighted by Gasteiger charge is 2.13. The molecule has 0 aliphatic carbocycles. The summed E-state index contributed by atoms with van der Waals surface area (Å²) in [6.07, 6.45) is 1.42. The number of hydrogen-bond donors (Lipinski definition) is 2. The Hall–Kier alpha value is -2.86. The third-order valence-electron chi connectivity index (χ3n) is 3.13. The van der Waals surface area contributed by atoms with Crippen LogP contribution >= 0.6 is 11.6 Å². The van der Waals surface area contributed by atoms with Crippen molar-refractivity contribution < 1.29 is 14.3 Å². The normalized spacial score (nSPS) is 10.5. The van der Waals surface area contributed by atoms with Crippen LogP contribution in [0.3, 0.4) is 0 Å². The van der Waals surface area contributed by atoms with Crippen LogP contribution in [0.2, 0.25) is 5.02 Å². The van der Waals surface area contributed by atoms with Gasteiger partial charge in [-0.1, -0.05) is 17.7 Å². The van der Waals surface area contributed by atoms with Crippen LogP contribution in [0.4, 0.5) is 5.69 Å². The lowest BCUT2D eigenvalue weighted by Gasteiger charge is -2.05. The molecule has 0 fully saturated rings. The van der Waals surface area contributed by atoms with Crippen LogP contribution in [0.25, 0.3) is 0 Å². The molecule has 24 heavy (non-hydrogen) atoms. The number of nitrogens with one attached hydrogen (secondary N) is 2. The van der Waals surface area contributed by atoms with E-state index in [2.05, 4.69) is 15.8 Å². The molecule has 7 heteroatoms. The van der Waals surface area contributed by atoms with Gasteiger partial charge in [-0.05, 0) is 54.4 Å². The van der Waals surface area contributed by atoms with E-state index in [1.165, 1.54) is 6.21 Å². The second kappa shape index (κ2) is 8.12. The SMILES string of the molecule is COc1ccc(/C=N/NC(=O)C(=O)Nc2ccc(C)c(Cl)c2)cc1. The van der Waals surface area contributed by atoms with Gasteiger partial charge in [-0.3, -0.25) is 9.59 Å². The van der Waals surface area contributed by atoms with Crippen LogP contribution < -0.4 is 15.5 Å². The Bertz CT molecular complexity index is 773. The monoisotopic (exact) mass is 345 g/mol. The molecular weight excluding hydrogens is 330 g/mol. The van der Waals surface area contributed by atoms with Crippen LogP contribution in [0, 0.1) is 6.92 Å². The number of rotatable bonds is 4. The van der Waals surface area contributed by atoms with Gasteiger partial charge in [-0.2, -0.15) is 5.10 Å². The first-order valence-corrected chi connectivity index (χ1v) is 7.42. The molecule has 0 unspecified atom stereocenters. The number of carbonyl (C=O) groups is 2. The smallest absolute Gasteiger partial charge is 0.329 e. The maximum Gasteiger partial charge on any atom is 0.329 e. The number of aryl methyl sites for hydroxylation is 1. The van der Waals surface area contributed by atoms with Crippen molar-refractivity contribution in [3.63, 3.8) is 0 Å². The largest absolute Gasteiger partial charge is 0.497 e. The zero-order valence-corrected chi connectivity index (χ0v) is 13.9. The molecule has 0 aliphatic rings. The van der Waals surface area contributed by atoms with E-state index in [1.54, 1.807) is 49.6 Å². The van der Waals surface area contributed by atoms with Gasteiger partial charge in [-0.25, -0.2) is 5.43 Å². The minimum atomic E-state index is -0.878. The van der Waals surface area contributed by atoms with Gasteiger partial charge >= 0.3 is 11.8 Å².